The summed E-state index contributed by atoms with van der Waals surface area (Å²) in [5, 5.41) is 2.89. The van der Waals surface area contributed by atoms with Gasteiger partial charge in [-0.05, 0) is 61.5 Å². The second-order valence-corrected chi connectivity index (χ2v) is 5.83. The van der Waals surface area contributed by atoms with Crippen molar-refractivity contribution in [3.63, 3.8) is 0 Å². The van der Waals surface area contributed by atoms with Crippen molar-refractivity contribution in [1.82, 2.24) is 9.97 Å². The Hall–Kier alpha value is -3.47. The lowest BCUT2D eigenvalue weighted by Crippen LogP contribution is -2.11. The van der Waals surface area contributed by atoms with E-state index in [1.54, 1.807) is 12.1 Å². The number of hydrogen-bond acceptors (Lipinski definition) is 4. The molecule has 0 spiro atoms. The number of nitrogens with zero attached hydrogens (tertiary/aromatic N) is 2. The number of rotatable bonds is 4. The van der Waals surface area contributed by atoms with E-state index in [-0.39, 0.29) is 5.91 Å². The third kappa shape index (κ3) is 3.19. The van der Waals surface area contributed by atoms with Crippen LogP contribution in [0.2, 0.25) is 0 Å². The monoisotopic (exact) mass is 343 g/mol. The normalized spacial score (nSPS) is 10.8. The standard InChI is InChI=1S/C21H17N3O2/c1-2-26-16-10-8-15(9-11-16)22-21(25)14-7-12-19-20(13-14)24-18-6-4-3-5-17(18)23-19/h3-13H,2H2,1H3,(H,22,25). The molecule has 3 aromatic carbocycles. The van der Waals surface area contributed by atoms with Crippen molar-refractivity contribution in [1.29, 1.82) is 0 Å². The molecule has 1 aromatic heterocycles. The van der Waals surface area contributed by atoms with Gasteiger partial charge in [0.25, 0.3) is 5.91 Å². The Morgan fingerprint density at radius 2 is 1.54 bits per heavy atom. The lowest BCUT2D eigenvalue weighted by Gasteiger charge is -2.08. The van der Waals surface area contributed by atoms with Crippen LogP contribution in [0.4, 0.5) is 5.69 Å². The van der Waals surface area contributed by atoms with Crippen molar-refractivity contribution in [3.8, 4) is 5.75 Å². The summed E-state index contributed by atoms with van der Waals surface area (Å²) in [6.07, 6.45) is 0. The molecule has 0 saturated carbocycles. The molecule has 0 saturated heterocycles. The summed E-state index contributed by atoms with van der Waals surface area (Å²) < 4.78 is 5.41. The Morgan fingerprint density at radius 1 is 0.885 bits per heavy atom. The molecule has 128 valence electrons. The van der Waals surface area contributed by atoms with E-state index < -0.39 is 0 Å². The molecule has 1 amide bonds. The van der Waals surface area contributed by atoms with E-state index in [9.17, 15) is 4.79 Å². The second kappa shape index (κ2) is 6.80. The minimum atomic E-state index is -0.189. The van der Waals surface area contributed by atoms with Crippen molar-refractivity contribution >= 4 is 33.7 Å². The molecule has 26 heavy (non-hydrogen) atoms. The van der Waals surface area contributed by atoms with Crippen LogP contribution in [0.25, 0.3) is 22.1 Å². The van der Waals surface area contributed by atoms with Gasteiger partial charge in [-0.25, -0.2) is 9.97 Å². The summed E-state index contributed by atoms with van der Waals surface area (Å²) in [4.78, 5) is 21.7. The summed E-state index contributed by atoms with van der Waals surface area (Å²) in [6, 6.07) is 20.3. The van der Waals surface area contributed by atoms with Crippen LogP contribution in [0.5, 0.6) is 5.75 Å². The fourth-order valence-corrected chi connectivity index (χ4v) is 2.77. The van der Waals surface area contributed by atoms with Gasteiger partial charge in [-0.2, -0.15) is 0 Å². The minimum Gasteiger partial charge on any atom is -0.494 e. The Labute approximate surface area is 150 Å². The van der Waals surface area contributed by atoms with Crippen LogP contribution in [0, 0.1) is 0 Å². The molecule has 0 aliphatic heterocycles. The van der Waals surface area contributed by atoms with Gasteiger partial charge in [0.15, 0.2) is 0 Å². The first kappa shape index (κ1) is 16.0. The number of fused-ring (bicyclic) bond motifs is 2. The van der Waals surface area contributed by atoms with E-state index in [1.807, 2.05) is 61.5 Å². The predicted octanol–water partition coefficient (Wildman–Crippen LogP) is 4.43. The molecule has 5 nitrogen and oxygen atoms in total. The number of aromatic nitrogens is 2. The van der Waals surface area contributed by atoms with Crippen LogP contribution in [-0.4, -0.2) is 22.5 Å². The first-order chi connectivity index (χ1) is 12.7. The molecule has 0 atom stereocenters. The number of benzene rings is 3. The number of carbonyl (C=O) groups is 1. The van der Waals surface area contributed by atoms with Crippen molar-refractivity contribution < 1.29 is 9.53 Å². The highest BCUT2D eigenvalue weighted by atomic mass is 16.5. The van der Waals surface area contributed by atoms with Crippen molar-refractivity contribution in [2.75, 3.05) is 11.9 Å². The van der Waals surface area contributed by atoms with Crippen LogP contribution in [0.3, 0.4) is 0 Å². The van der Waals surface area contributed by atoms with Gasteiger partial charge >= 0.3 is 0 Å². The minimum absolute atomic E-state index is 0.189. The number of anilines is 1. The summed E-state index contributed by atoms with van der Waals surface area (Å²) in [7, 11) is 0. The summed E-state index contributed by atoms with van der Waals surface area (Å²) >= 11 is 0. The number of hydrogen-bond donors (Lipinski definition) is 1. The molecule has 1 heterocycles. The van der Waals surface area contributed by atoms with Crippen LogP contribution < -0.4 is 10.1 Å². The first-order valence-corrected chi connectivity index (χ1v) is 8.44. The predicted molar refractivity (Wildman–Crippen MR) is 103 cm³/mol. The molecule has 0 aliphatic rings. The zero-order valence-corrected chi connectivity index (χ0v) is 14.3. The molecule has 0 radical (unpaired) electrons. The van der Waals surface area contributed by atoms with E-state index >= 15 is 0 Å². The quantitative estimate of drug-likeness (QED) is 0.557. The molecular weight excluding hydrogens is 326 g/mol. The Bertz CT molecular complexity index is 1090. The summed E-state index contributed by atoms with van der Waals surface area (Å²) in [6.45, 7) is 2.54. The van der Waals surface area contributed by atoms with Crippen LogP contribution in [0.15, 0.2) is 66.7 Å². The third-order valence-corrected chi connectivity index (χ3v) is 4.02. The fraction of sp³-hybridized carbons (Fsp3) is 0.0952. The fourth-order valence-electron chi connectivity index (χ4n) is 2.77. The van der Waals surface area contributed by atoms with Crippen molar-refractivity contribution in [2.24, 2.45) is 0 Å². The van der Waals surface area contributed by atoms with Gasteiger partial charge in [0.2, 0.25) is 0 Å². The number of nitrogens with one attached hydrogen (secondary N) is 1. The largest absolute Gasteiger partial charge is 0.494 e. The number of carbonyl (C=O) groups excluding carboxylic acids is 1. The van der Waals surface area contributed by atoms with Gasteiger partial charge in [-0.3, -0.25) is 4.79 Å². The van der Waals surface area contributed by atoms with Gasteiger partial charge in [-0.15, -0.1) is 0 Å². The molecular formula is C21H17N3O2. The maximum Gasteiger partial charge on any atom is 0.255 e. The zero-order chi connectivity index (χ0) is 17.9. The highest BCUT2D eigenvalue weighted by Gasteiger charge is 2.09. The van der Waals surface area contributed by atoms with E-state index in [2.05, 4.69) is 15.3 Å². The highest BCUT2D eigenvalue weighted by molar-refractivity contribution is 6.06. The number of ether oxygens (including phenoxy) is 1. The van der Waals surface area contributed by atoms with E-state index in [4.69, 9.17) is 4.74 Å². The maximum atomic E-state index is 12.5. The lowest BCUT2D eigenvalue weighted by molar-refractivity contribution is 0.102. The smallest absolute Gasteiger partial charge is 0.255 e. The Kier molecular flexibility index (Phi) is 4.19. The lowest BCUT2D eigenvalue weighted by atomic mass is 10.1. The van der Waals surface area contributed by atoms with Gasteiger partial charge in [0.1, 0.15) is 5.75 Å². The van der Waals surface area contributed by atoms with Gasteiger partial charge < -0.3 is 10.1 Å². The molecule has 0 unspecified atom stereocenters. The molecule has 0 fully saturated rings. The maximum absolute atomic E-state index is 12.5. The van der Waals surface area contributed by atoms with Crippen molar-refractivity contribution in [2.45, 2.75) is 6.92 Å². The second-order valence-electron chi connectivity index (χ2n) is 5.83. The van der Waals surface area contributed by atoms with Gasteiger partial charge in [0, 0.05) is 11.3 Å². The molecule has 5 heteroatoms. The Morgan fingerprint density at radius 3 is 2.23 bits per heavy atom. The van der Waals surface area contributed by atoms with E-state index in [0.717, 1.165) is 22.3 Å². The molecule has 0 bridgehead atoms. The topological polar surface area (TPSA) is 64.1 Å². The van der Waals surface area contributed by atoms with Gasteiger partial charge in [-0.1, -0.05) is 12.1 Å². The van der Waals surface area contributed by atoms with Crippen molar-refractivity contribution in [3.05, 3.63) is 72.3 Å². The first-order valence-electron chi connectivity index (χ1n) is 8.44. The average Bonchev–Trinajstić information content (AvgIpc) is 2.67. The molecule has 4 rings (SSSR count). The molecule has 4 aromatic rings. The van der Waals surface area contributed by atoms with Crippen LogP contribution in [0.1, 0.15) is 17.3 Å². The molecule has 0 aliphatic carbocycles. The van der Waals surface area contributed by atoms with Crippen LogP contribution in [-0.2, 0) is 0 Å². The number of para-hydroxylation sites is 2. The third-order valence-electron chi connectivity index (χ3n) is 4.02. The SMILES string of the molecule is CCOc1ccc(NC(=O)c2ccc3nc4ccccc4nc3c2)cc1. The van der Waals surface area contributed by atoms with Gasteiger partial charge in [0.05, 0.1) is 28.7 Å². The molecule has 1 N–H and O–H groups in total. The average molecular weight is 343 g/mol. The number of amides is 1. The zero-order valence-electron chi connectivity index (χ0n) is 14.3. The van der Waals surface area contributed by atoms with E-state index in [1.165, 1.54) is 0 Å². The van der Waals surface area contributed by atoms with E-state index in [0.29, 0.717) is 23.4 Å². The summed E-state index contributed by atoms with van der Waals surface area (Å²) in [5.74, 6) is 0.587. The summed E-state index contributed by atoms with van der Waals surface area (Å²) in [5.41, 5.74) is 4.36. The Balaban J connectivity index is 1.60. The van der Waals surface area contributed by atoms with Crippen LogP contribution >= 0.6 is 0 Å². The highest BCUT2D eigenvalue weighted by Crippen LogP contribution is 2.19.